The summed E-state index contributed by atoms with van der Waals surface area (Å²) in [6.07, 6.45) is 3.87. The van der Waals surface area contributed by atoms with E-state index in [0.29, 0.717) is 12.3 Å². The monoisotopic (exact) mass is 376 g/mol. The molecule has 0 aliphatic carbocycles. The van der Waals surface area contributed by atoms with Crippen molar-refractivity contribution >= 4 is 17.8 Å². The van der Waals surface area contributed by atoms with Crippen LogP contribution in [0.3, 0.4) is 0 Å². The average molecular weight is 376 g/mol. The number of hydrogen-bond acceptors (Lipinski definition) is 5. The molecule has 0 bridgehead atoms. The van der Waals surface area contributed by atoms with E-state index in [9.17, 15) is 14.4 Å². The normalized spacial score (nSPS) is 26.9. The summed E-state index contributed by atoms with van der Waals surface area (Å²) in [6, 6.07) is 3.86. The van der Waals surface area contributed by atoms with E-state index in [1.54, 1.807) is 30.2 Å². The van der Waals surface area contributed by atoms with Gasteiger partial charge < -0.3 is 19.0 Å². The van der Waals surface area contributed by atoms with Gasteiger partial charge in [0.25, 0.3) is 5.91 Å². The van der Waals surface area contributed by atoms with Gasteiger partial charge in [0.15, 0.2) is 6.10 Å². The van der Waals surface area contributed by atoms with E-state index < -0.39 is 18.0 Å². The number of hydrogen-bond donors (Lipinski definition) is 0. The van der Waals surface area contributed by atoms with Crippen molar-refractivity contribution in [2.24, 2.45) is 5.92 Å². The Bertz CT molecular complexity index is 677. The van der Waals surface area contributed by atoms with Crippen molar-refractivity contribution in [1.29, 1.82) is 0 Å². The number of amides is 2. The van der Waals surface area contributed by atoms with Gasteiger partial charge in [0, 0.05) is 25.0 Å². The molecule has 2 aliphatic rings. The Morgan fingerprint density at radius 2 is 2.00 bits per heavy atom. The van der Waals surface area contributed by atoms with Crippen LogP contribution in [0, 0.1) is 5.92 Å². The van der Waals surface area contributed by atoms with Gasteiger partial charge in [-0.2, -0.15) is 0 Å². The molecule has 7 nitrogen and oxygen atoms in total. The number of carbonyl (C=O) groups excluding carboxylic acids is 3. The number of nitrogens with zero attached hydrogens (tertiary/aromatic N) is 2. The van der Waals surface area contributed by atoms with Gasteiger partial charge in [0.1, 0.15) is 5.76 Å². The lowest BCUT2D eigenvalue weighted by atomic mass is 9.97. The van der Waals surface area contributed by atoms with Gasteiger partial charge >= 0.3 is 5.97 Å². The SMILES string of the molecule is CC(OC(=O)C1CC(=O)N(Cc2ccco2)C1)C(=O)N1C(C)CCCC1C. The van der Waals surface area contributed by atoms with Crippen LogP contribution in [0.2, 0.25) is 0 Å². The molecular weight excluding hydrogens is 348 g/mol. The average Bonchev–Trinajstić information content (AvgIpc) is 3.25. The fraction of sp³-hybridized carbons (Fsp3) is 0.650. The van der Waals surface area contributed by atoms with Gasteiger partial charge in [-0.15, -0.1) is 0 Å². The van der Waals surface area contributed by atoms with E-state index in [1.165, 1.54) is 0 Å². The van der Waals surface area contributed by atoms with Crippen molar-refractivity contribution in [2.45, 2.75) is 71.2 Å². The molecule has 148 valence electrons. The third-order valence-corrected chi connectivity index (χ3v) is 5.56. The Hall–Kier alpha value is -2.31. The second kappa shape index (κ2) is 8.15. The maximum absolute atomic E-state index is 12.8. The highest BCUT2D eigenvalue weighted by Gasteiger charge is 2.38. The molecule has 2 aliphatic heterocycles. The predicted molar refractivity (Wildman–Crippen MR) is 97.4 cm³/mol. The number of furan rings is 1. The fourth-order valence-corrected chi connectivity index (χ4v) is 4.06. The Morgan fingerprint density at radius 3 is 2.63 bits per heavy atom. The van der Waals surface area contributed by atoms with Crippen molar-refractivity contribution in [3.05, 3.63) is 24.2 Å². The number of piperidine rings is 1. The first-order valence-corrected chi connectivity index (χ1v) is 9.69. The molecule has 2 saturated heterocycles. The van der Waals surface area contributed by atoms with Gasteiger partial charge in [0.2, 0.25) is 5.91 Å². The quantitative estimate of drug-likeness (QED) is 0.737. The topological polar surface area (TPSA) is 80.1 Å². The molecule has 4 unspecified atom stereocenters. The maximum atomic E-state index is 12.8. The van der Waals surface area contributed by atoms with Crippen LogP contribution in [-0.2, 0) is 25.7 Å². The Labute approximate surface area is 159 Å². The second-order valence-corrected chi connectivity index (χ2v) is 7.71. The third kappa shape index (κ3) is 4.34. The number of rotatable bonds is 5. The van der Waals surface area contributed by atoms with E-state index in [-0.39, 0.29) is 36.9 Å². The Morgan fingerprint density at radius 1 is 1.30 bits per heavy atom. The maximum Gasteiger partial charge on any atom is 0.312 e. The molecule has 0 spiro atoms. The second-order valence-electron chi connectivity index (χ2n) is 7.71. The van der Waals surface area contributed by atoms with Crippen molar-refractivity contribution in [3.8, 4) is 0 Å². The van der Waals surface area contributed by atoms with Gasteiger partial charge in [-0.3, -0.25) is 14.4 Å². The number of carbonyl (C=O) groups is 3. The number of esters is 1. The summed E-state index contributed by atoms with van der Waals surface area (Å²) in [5.41, 5.74) is 0. The van der Waals surface area contributed by atoms with Crippen LogP contribution in [0.25, 0.3) is 0 Å². The highest BCUT2D eigenvalue weighted by molar-refractivity contribution is 5.89. The van der Waals surface area contributed by atoms with E-state index in [1.807, 2.05) is 18.7 Å². The molecule has 0 saturated carbocycles. The first-order valence-electron chi connectivity index (χ1n) is 9.69. The van der Waals surface area contributed by atoms with E-state index >= 15 is 0 Å². The zero-order valence-electron chi connectivity index (χ0n) is 16.2. The lowest BCUT2D eigenvalue weighted by molar-refractivity contribution is -0.165. The minimum Gasteiger partial charge on any atom is -0.467 e. The highest BCUT2D eigenvalue weighted by Crippen LogP contribution is 2.25. The lowest BCUT2D eigenvalue weighted by Gasteiger charge is -2.40. The smallest absolute Gasteiger partial charge is 0.312 e. The summed E-state index contributed by atoms with van der Waals surface area (Å²) in [4.78, 5) is 40.9. The zero-order chi connectivity index (χ0) is 19.6. The molecule has 0 N–H and O–H groups in total. The van der Waals surface area contributed by atoms with Crippen LogP contribution >= 0.6 is 0 Å². The Balaban J connectivity index is 1.55. The molecule has 4 atom stereocenters. The molecule has 0 radical (unpaired) electrons. The first kappa shape index (κ1) is 19.5. The summed E-state index contributed by atoms with van der Waals surface area (Å²) >= 11 is 0. The van der Waals surface area contributed by atoms with Crippen LogP contribution in [0.4, 0.5) is 0 Å². The summed E-state index contributed by atoms with van der Waals surface area (Å²) < 4.78 is 10.7. The van der Waals surface area contributed by atoms with Crippen LogP contribution in [0.15, 0.2) is 22.8 Å². The molecule has 7 heteroatoms. The molecular formula is C20H28N2O5. The molecule has 2 fully saturated rings. The molecule has 3 rings (SSSR count). The van der Waals surface area contributed by atoms with Crippen molar-refractivity contribution < 1.29 is 23.5 Å². The minimum absolute atomic E-state index is 0.106. The zero-order valence-corrected chi connectivity index (χ0v) is 16.2. The minimum atomic E-state index is -0.838. The first-order chi connectivity index (χ1) is 12.9. The number of ether oxygens (including phenoxy) is 1. The largest absolute Gasteiger partial charge is 0.467 e. The summed E-state index contributed by atoms with van der Waals surface area (Å²) in [5, 5.41) is 0. The molecule has 3 heterocycles. The van der Waals surface area contributed by atoms with E-state index in [0.717, 1.165) is 19.3 Å². The van der Waals surface area contributed by atoms with E-state index in [4.69, 9.17) is 9.15 Å². The fourth-order valence-electron chi connectivity index (χ4n) is 4.06. The molecule has 2 amide bonds. The van der Waals surface area contributed by atoms with Gasteiger partial charge in [-0.05, 0) is 52.2 Å². The molecule has 0 aromatic carbocycles. The lowest BCUT2D eigenvalue weighted by Crippen LogP contribution is -2.51. The summed E-state index contributed by atoms with van der Waals surface area (Å²) in [5.74, 6) is -0.609. The Kier molecular flexibility index (Phi) is 5.87. The third-order valence-electron chi connectivity index (χ3n) is 5.56. The summed E-state index contributed by atoms with van der Waals surface area (Å²) in [7, 11) is 0. The molecule has 27 heavy (non-hydrogen) atoms. The number of likely N-dealkylation sites (tertiary alicyclic amines) is 2. The van der Waals surface area contributed by atoms with Gasteiger partial charge in [-0.1, -0.05) is 0 Å². The van der Waals surface area contributed by atoms with E-state index in [2.05, 4.69) is 0 Å². The molecule has 1 aromatic heterocycles. The molecule has 1 aromatic rings. The standard InChI is InChI=1S/C20H28N2O5/c1-13-6-4-7-14(2)22(13)19(24)15(3)27-20(25)16-10-18(23)21(11-16)12-17-8-5-9-26-17/h5,8-9,13-16H,4,6-7,10-12H2,1-3H3. The van der Waals surface area contributed by atoms with Crippen LogP contribution in [0.1, 0.15) is 52.2 Å². The highest BCUT2D eigenvalue weighted by atomic mass is 16.5. The van der Waals surface area contributed by atoms with Crippen LogP contribution < -0.4 is 0 Å². The van der Waals surface area contributed by atoms with Crippen molar-refractivity contribution in [1.82, 2.24) is 9.80 Å². The van der Waals surface area contributed by atoms with Crippen molar-refractivity contribution in [3.63, 3.8) is 0 Å². The summed E-state index contributed by atoms with van der Waals surface area (Å²) in [6.45, 7) is 6.31. The van der Waals surface area contributed by atoms with Gasteiger partial charge in [-0.25, -0.2) is 0 Å². The van der Waals surface area contributed by atoms with Crippen LogP contribution in [-0.4, -0.2) is 52.3 Å². The van der Waals surface area contributed by atoms with Crippen molar-refractivity contribution in [2.75, 3.05) is 6.54 Å². The predicted octanol–water partition coefficient (Wildman–Crippen LogP) is 2.35. The van der Waals surface area contributed by atoms with Crippen LogP contribution in [0.5, 0.6) is 0 Å². The van der Waals surface area contributed by atoms with Gasteiger partial charge in [0.05, 0.1) is 18.7 Å².